The van der Waals surface area contributed by atoms with Crippen LogP contribution in [0.4, 0.5) is 0 Å². The summed E-state index contributed by atoms with van der Waals surface area (Å²) in [5, 5.41) is 15.3. The van der Waals surface area contributed by atoms with Gasteiger partial charge in [-0.15, -0.1) is 22.7 Å². The molecule has 0 nitrogen and oxygen atoms in total. The molecule has 2 aromatic heterocycles. The van der Waals surface area contributed by atoms with Crippen molar-refractivity contribution in [2.45, 2.75) is 0 Å². The molecule has 16 aromatic rings. The summed E-state index contributed by atoms with van der Waals surface area (Å²) < 4.78 is 5.27. The third-order valence-electron chi connectivity index (χ3n) is 16.3. The molecule has 0 N–H and O–H groups in total. The van der Waals surface area contributed by atoms with E-state index < -0.39 is 0 Å². The molecule has 0 unspecified atom stereocenters. The van der Waals surface area contributed by atoms with E-state index >= 15 is 0 Å². The second kappa shape index (κ2) is 18.1. The van der Waals surface area contributed by atoms with Crippen LogP contribution in [-0.2, 0) is 0 Å². The summed E-state index contributed by atoms with van der Waals surface area (Å²) in [6, 6.07) is 104. The van der Waals surface area contributed by atoms with Crippen molar-refractivity contribution in [2.75, 3.05) is 0 Å². The molecule has 78 heavy (non-hydrogen) atoms. The van der Waals surface area contributed by atoms with E-state index in [1.54, 1.807) is 0 Å². The van der Waals surface area contributed by atoms with Crippen LogP contribution in [0.25, 0.3) is 161 Å². The summed E-state index contributed by atoms with van der Waals surface area (Å²) in [7, 11) is 0. The van der Waals surface area contributed by atoms with Crippen LogP contribution in [0.3, 0.4) is 0 Å². The second-order valence-electron chi connectivity index (χ2n) is 20.5. The molecule has 16 rings (SSSR count). The second-order valence-corrected chi connectivity index (χ2v) is 22.7. The van der Waals surface area contributed by atoms with Crippen LogP contribution in [0.5, 0.6) is 0 Å². The molecule has 0 atom stereocenters. The van der Waals surface area contributed by atoms with E-state index in [-0.39, 0.29) is 0 Å². The summed E-state index contributed by atoms with van der Waals surface area (Å²) in [6.07, 6.45) is 0. The predicted octanol–water partition coefficient (Wildman–Crippen LogP) is 22.7. The van der Waals surface area contributed by atoms with Gasteiger partial charge in [0.25, 0.3) is 0 Å². The van der Waals surface area contributed by atoms with Crippen LogP contribution in [-0.4, -0.2) is 0 Å². The molecule has 0 saturated carbocycles. The van der Waals surface area contributed by atoms with E-state index in [1.807, 2.05) is 22.7 Å². The molecule has 0 spiro atoms. The molecular weight excluding hydrogens is 977 g/mol. The zero-order chi connectivity index (χ0) is 51.3. The van der Waals surface area contributed by atoms with E-state index in [9.17, 15) is 0 Å². The van der Waals surface area contributed by atoms with Crippen molar-refractivity contribution >= 4 is 106 Å². The van der Waals surface area contributed by atoms with Gasteiger partial charge in [-0.1, -0.05) is 243 Å². The van der Waals surface area contributed by atoms with Crippen molar-refractivity contribution in [2.24, 2.45) is 0 Å². The summed E-state index contributed by atoms with van der Waals surface area (Å²) in [5.74, 6) is 0. The molecule has 2 heterocycles. The highest BCUT2D eigenvalue weighted by Gasteiger charge is 2.23. The molecule has 0 saturated heterocycles. The van der Waals surface area contributed by atoms with E-state index in [4.69, 9.17) is 0 Å². The zero-order valence-corrected chi connectivity index (χ0v) is 44.0. The van der Waals surface area contributed by atoms with Gasteiger partial charge in [0, 0.05) is 40.3 Å². The van der Waals surface area contributed by atoms with Crippen LogP contribution in [0.2, 0.25) is 0 Å². The summed E-state index contributed by atoms with van der Waals surface area (Å²) in [6.45, 7) is 0. The highest BCUT2D eigenvalue weighted by Crippen LogP contribution is 2.50. The summed E-state index contributed by atoms with van der Waals surface area (Å²) in [4.78, 5) is 0. The van der Waals surface area contributed by atoms with Crippen molar-refractivity contribution in [1.29, 1.82) is 0 Å². The van der Waals surface area contributed by atoms with E-state index in [1.165, 1.54) is 161 Å². The molecule has 2 heteroatoms. The van der Waals surface area contributed by atoms with Crippen molar-refractivity contribution in [3.8, 4) is 77.9 Å². The van der Waals surface area contributed by atoms with E-state index in [2.05, 4.69) is 279 Å². The van der Waals surface area contributed by atoms with Gasteiger partial charge in [-0.05, 0) is 157 Å². The average molecular weight is 1020 g/mol. The van der Waals surface area contributed by atoms with Crippen molar-refractivity contribution in [1.82, 2.24) is 0 Å². The number of thiophene rings is 2. The molecule has 0 aliphatic heterocycles. The third kappa shape index (κ3) is 7.11. The largest absolute Gasteiger partial charge is 0.135 e. The van der Waals surface area contributed by atoms with Crippen molar-refractivity contribution in [3.63, 3.8) is 0 Å². The Kier molecular flexibility index (Phi) is 10.4. The molecule has 0 fully saturated rings. The number of fused-ring (bicyclic) bond motifs is 10. The highest BCUT2D eigenvalue weighted by molar-refractivity contribution is 7.26. The number of hydrogen-bond acceptors (Lipinski definition) is 2. The topological polar surface area (TPSA) is 0 Å². The lowest BCUT2D eigenvalue weighted by molar-refractivity contribution is 1.59. The summed E-state index contributed by atoms with van der Waals surface area (Å²) in [5.41, 5.74) is 17.2. The van der Waals surface area contributed by atoms with Crippen molar-refractivity contribution < 1.29 is 0 Å². The Morgan fingerprint density at radius 3 is 1.08 bits per heavy atom. The van der Waals surface area contributed by atoms with Crippen LogP contribution < -0.4 is 0 Å². The zero-order valence-electron chi connectivity index (χ0n) is 42.4. The van der Waals surface area contributed by atoms with Crippen molar-refractivity contribution in [3.05, 3.63) is 279 Å². The van der Waals surface area contributed by atoms with Gasteiger partial charge >= 0.3 is 0 Å². The summed E-state index contributed by atoms with van der Waals surface area (Å²) >= 11 is 3.75. The molecule has 0 amide bonds. The van der Waals surface area contributed by atoms with Crippen LogP contribution in [0.1, 0.15) is 0 Å². The first kappa shape index (κ1) is 44.8. The van der Waals surface area contributed by atoms with Gasteiger partial charge in [-0.2, -0.15) is 0 Å². The Hall–Kier alpha value is -9.44. The average Bonchev–Trinajstić information content (AvgIpc) is 4.19. The standard InChI is InChI=1S/C76H46S2/c1-2-18-48(19-3-1)53-20-4-7-25-59(53)76-65-31-13-10-28-62(65)74(52-39-41-57-55-22-14-16-32-69(55)78-72(57)46-52)66-42-38-50(44-68(66)76)47-34-36-49(37-35-47)54-21-5-6-24-58(54)75-63-29-11-8-26-60(63)73(61-27-9-12-30-64(61)75)51-40-43-71-67(45-51)56-23-15-17-33-70(56)77-71/h1-46H. The first-order chi connectivity index (χ1) is 38.7. The van der Waals surface area contributed by atoms with Crippen LogP contribution >= 0.6 is 22.7 Å². The molecule has 0 bridgehead atoms. The Bertz CT molecular complexity index is 5020. The molecule has 0 aliphatic rings. The Balaban J connectivity index is 0.860. The molecule has 0 radical (unpaired) electrons. The normalized spacial score (nSPS) is 11.8. The van der Waals surface area contributed by atoms with Gasteiger partial charge in [0.05, 0.1) is 0 Å². The third-order valence-corrected chi connectivity index (χ3v) is 18.6. The lowest BCUT2D eigenvalue weighted by Crippen LogP contribution is -1.93. The van der Waals surface area contributed by atoms with Gasteiger partial charge in [-0.3, -0.25) is 0 Å². The van der Waals surface area contributed by atoms with Gasteiger partial charge < -0.3 is 0 Å². The van der Waals surface area contributed by atoms with E-state index in [0.717, 1.165) is 0 Å². The maximum Gasteiger partial charge on any atom is 0.0361 e. The molecule has 14 aromatic carbocycles. The molecule has 0 aliphatic carbocycles. The minimum absolute atomic E-state index is 1.18. The van der Waals surface area contributed by atoms with Gasteiger partial charge in [-0.25, -0.2) is 0 Å². The lowest BCUT2D eigenvalue weighted by atomic mass is 9.82. The molecule has 362 valence electrons. The lowest BCUT2D eigenvalue weighted by Gasteiger charge is -2.21. The first-order valence-corrected chi connectivity index (χ1v) is 28.4. The fourth-order valence-corrected chi connectivity index (χ4v) is 15.0. The van der Waals surface area contributed by atoms with E-state index in [0.29, 0.717) is 0 Å². The smallest absolute Gasteiger partial charge is 0.0361 e. The SMILES string of the molecule is c1ccc(-c2ccccc2-c2c3ccccc3c(-c3ccc4c(c3)sc3ccccc34)c3ccc(-c4ccc(-c5ccccc5-c5c6ccccc6c(-c6ccc7sc8ccccc8c7c6)c6ccccc56)cc4)cc23)cc1. The Morgan fingerprint density at radius 2 is 0.487 bits per heavy atom. The van der Waals surface area contributed by atoms with Crippen LogP contribution in [0, 0.1) is 0 Å². The maximum absolute atomic E-state index is 2.46. The quantitative estimate of drug-likeness (QED) is 0.140. The first-order valence-electron chi connectivity index (χ1n) is 26.8. The predicted molar refractivity (Wildman–Crippen MR) is 340 cm³/mol. The number of hydrogen-bond donors (Lipinski definition) is 0. The minimum atomic E-state index is 1.18. The minimum Gasteiger partial charge on any atom is -0.135 e. The number of benzene rings is 14. The number of rotatable bonds is 7. The fourth-order valence-electron chi connectivity index (χ4n) is 12.8. The fraction of sp³-hybridized carbons (Fsp3) is 0. The Morgan fingerprint density at radius 1 is 0.154 bits per heavy atom. The van der Waals surface area contributed by atoms with Gasteiger partial charge in [0.15, 0.2) is 0 Å². The molecular formula is C76H46S2. The monoisotopic (exact) mass is 1020 g/mol. The van der Waals surface area contributed by atoms with Gasteiger partial charge in [0.1, 0.15) is 0 Å². The Labute approximate surface area is 460 Å². The maximum atomic E-state index is 2.46. The highest BCUT2D eigenvalue weighted by atomic mass is 32.1. The van der Waals surface area contributed by atoms with Crippen LogP contribution in [0.15, 0.2) is 279 Å². The van der Waals surface area contributed by atoms with Gasteiger partial charge in [0.2, 0.25) is 0 Å².